The number of ether oxygens (including phenoxy) is 1. The summed E-state index contributed by atoms with van der Waals surface area (Å²) in [7, 11) is 3.69. The van der Waals surface area contributed by atoms with Gasteiger partial charge in [0.1, 0.15) is 6.07 Å². The van der Waals surface area contributed by atoms with Gasteiger partial charge < -0.3 is 15.4 Å². The molecule has 4 nitrogen and oxygen atoms in total. The van der Waals surface area contributed by atoms with Crippen LogP contribution in [0.1, 0.15) is 12.0 Å². The number of nitrogens with two attached hydrogens (primary N) is 1. The Balaban J connectivity index is 2.66. The smallest absolute Gasteiger partial charge is 0.101 e. The Hall–Kier alpha value is -1.73. The fourth-order valence-corrected chi connectivity index (χ4v) is 1.46. The molecule has 0 atom stereocenters. The topological polar surface area (TPSA) is 62.3 Å². The quantitative estimate of drug-likeness (QED) is 0.603. The average Bonchev–Trinajstić information content (AvgIpc) is 2.29. The second-order valence-electron chi connectivity index (χ2n) is 3.65. The van der Waals surface area contributed by atoms with Crippen LogP contribution < -0.4 is 10.6 Å². The van der Waals surface area contributed by atoms with Crippen LogP contribution in [0, 0.1) is 11.3 Å². The first kappa shape index (κ1) is 12.3. The van der Waals surface area contributed by atoms with Gasteiger partial charge in [-0.15, -0.1) is 0 Å². The van der Waals surface area contributed by atoms with E-state index in [0.29, 0.717) is 11.3 Å². The van der Waals surface area contributed by atoms with Crippen LogP contribution in [0.15, 0.2) is 18.2 Å². The molecule has 16 heavy (non-hydrogen) atoms. The monoisotopic (exact) mass is 219 g/mol. The third-order valence-electron chi connectivity index (χ3n) is 2.44. The average molecular weight is 219 g/mol. The van der Waals surface area contributed by atoms with Crippen LogP contribution in [0.25, 0.3) is 0 Å². The van der Waals surface area contributed by atoms with E-state index < -0.39 is 0 Å². The molecule has 0 heterocycles. The predicted octanol–water partition coefficient (Wildman–Crippen LogP) is 1.61. The summed E-state index contributed by atoms with van der Waals surface area (Å²) in [5, 5.41) is 8.76. The third-order valence-corrected chi connectivity index (χ3v) is 2.44. The summed E-state index contributed by atoms with van der Waals surface area (Å²) in [5.74, 6) is 0. The molecule has 0 radical (unpaired) electrons. The number of hydrogen-bond acceptors (Lipinski definition) is 4. The van der Waals surface area contributed by atoms with Crippen LogP contribution in [0.4, 0.5) is 11.4 Å². The highest BCUT2D eigenvalue weighted by Gasteiger charge is 2.03. The second-order valence-corrected chi connectivity index (χ2v) is 3.65. The molecular weight excluding hydrogens is 202 g/mol. The summed E-state index contributed by atoms with van der Waals surface area (Å²) in [6.07, 6.45) is 0.965. The molecule has 0 saturated carbocycles. The normalized spacial score (nSPS) is 9.81. The maximum atomic E-state index is 8.76. The Morgan fingerprint density at radius 3 is 2.81 bits per heavy atom. The molecule has 0 aliphatic heterocycles. The van der Waals surface area contributed by atoms with Crippen molar-refractivity contribution >= 4 is 11.4 Å². The third kappa shape index (κ3) is 3.14. The fraction of sp³-hybridized carbons (Fsp3) is 0.417. The molecular formula is C12H17N3O. The van der Waals surface area contributed by atoms with E-state index in [4.69, 9.17) is 15.7 Å². The maximum absolute atomic E-state index is 8.76. The molecule has 0 fully saturated rings. The lowest BCUT2D eigenvalue weighted by atomic mass is 10.1. The minimum absolute atomic E-state index is 0.522. The van der Waals surface area contributed by atoms with Crippen LogP contribution in [-0.4, -0.2) is 27.3 Å². The van der Waals surface area contributed by atoms with Gasteiger partial charge in [-0.2, -0.15) is 5.26 Å². The predicted molar refractivity (Wildman–Crippen MR) is 65.3 cm³/mol. The molecule has 0 aliphatic carbocycles. The van der Waals surface area contributed by atoms with Crippen molar-refractivity contribution in [3.8, 4) is 6.07 Å². The summed E-state index contributed by atoms with van der Waals surface area (Å²) >= 11 is 0. The molecule has 1 rings (SSSR count). The first-order valence-electron chi connectivity index (χ1n) is 5.18. The van der Waals surface area contributed by atoms with Gasteiger partial charge in [0.05, 0.1) is 11.3 Å². The van der Waals surface area contributed by atoms with Crippen molar-refractivity contribution in [2.45, 2.75) is 6.42 Å². The molecule has 0 amide bonds. The summed E-state index contributed by atoms with van der Waals surface area (Å²) in [4.78, 5) is 2.09. The number of methoxy groups -OCH3 is 1. The molecule has 0 bridgehead atoms. The highest BCUT2D eigenvalue weighted by Crippen LogP contribution is 2.20. The summed E-state index contributed by atoms with van der Waals surface area (Å²) in [6, 6.07) is 7.53. The van der Waals surface area contributed by atoms with E-state index in [1.165, 1.54) is 0 Å². The zero-order chi connectivity index (χ0) is 12.0. The molecule has 2 N–H and O–H groups in total. The highest BCUT2D eigenvalue weighted by molar-refractivity contribution is 5.63. The number of nitriles is 1. The van der Waals surface area contributed by atoms with Gasteiger partial charge in [0.25, 0.3) is 0 Å². The van der Waals surface area contributed by atoms with Crippen LogP contribution >= 0.6 is 0 Å². The van der Waals surface area contributed by atoms with Gasteiger partial charge in [-0.25, -0.2) is 0 Å². The Labute approximate surface area is 96.2 Å². The van der Waals surface area contributed by atoms with E-state index in [2.05, 4.69) is 11.0 Å². The molecule has 4 heteroatoms. The lowest BCUT2D eigenvalue weighted by Gasteiger charge is -2.19. The Morgan fingerprint density at radius 2 is 2.25 bits per heavy atom. The number of rotatable bonds is 5. The first-order valence-corrected chi connectivity index (χ1v) is 5.18. The lowest BCUT2D eigenvalue weighted by Crippen LogP contribution is -2.19. The van der Waals surface area contributed by atoms with Crippen molar-refractivity contribution in [2.75, 3.05) is 37.9 Å². The Morgan fingerprint density at radius 1 is 1.50 bits per heavy atom. The molecule has 0 spiro atoms. The van der Waals surface area contributed by atoms with Crippen molar-refractivity contribution in [3.05, 3.63) is 23.8 Å². The lowest BCUT2D eigenvalue weighted by molar-refractivity contribution is 0.196. The zero-order valence-electron chi connectivity index (χ0n) is 9.73. The van der Waals surface area contributed by atoms with Gasteiger partial charge in [0.15, 0.2) is 0 Å². The largest absolute Gasteiger partial charge is 0.398 e. The number of benzene rings is 1. The molecule has 0 aromatic heterocycles. The first-order chi connectivity index (χ1) is 7.69. The minimum atomic E-state index is 0.522. The molecule has 0 aliphatic rings. The van der Waals surface area contributed by atoms with Gasteiger partial charge in [-0.3, -0.25) is 0 Å². The van der Waals surface area contributed by atoms with E-state index >= 15 is 0 Å². The van der Waals surface area contributed by atoms with Crippen molar-refractivity contribution in [3.63, 3.8) is 0 Å². The van der Waals surface area contributed by atoms with Gasteiger partial charge in [0, 0.05) is 33.0 Å². The maximum Gasteiger partial charge on any atom is 0.101 e. The van der Waals surface area contributed by atoms with E-state index in [-0.39, 0.29) is 0 Å². The van der Waals surface area contributed by atoms with Crippen molar-refractivity contribution in [2.24, 2.45) is 0 Å². The van der Waals surface area contributed by atoms with E-state index in [0.717, 1.165) is 25.3 Å². The Kier molecular flexibility index (Phi) is 4.62. The summed E-state index contributed by atoms with van der Waals surface area (Å²) in [6.45, 7) is 1.65. The van der Waals surface area contributed by atoms with Gasteiger partial charge in [-0.05, 0) is 24.6 Å². The van der Waals surface area contributed by atoms with Gasteiger partial charge in [-0.1, -0.05) is 0 Å². The summed E-state index contributed by atoms with van der Waals surface area (Å²) < 4.78 is 4.99. The molecule has 1 aromatic rings. The van der Waals surface area contributed by atoms with Crippen LogP contribution in [-0.2, 0) is 4.74 Å². The fourth-order valence-electron chi connectivity index (χ4n) is 1.46. The van der Waals surface area contributed by atoms with Crippen LogP contribution in [0.5, 0.6) is 0 Å². The summed E-state index contributed by atoms with van der Waals surface area (Å²) in [5.41, 5.74) is 7.82. The number of anilines is 2. The van der Waals surface area contributed by atoms with Gasteiger partial charge in [0.2, 0.25) is 0 Å². The molecule has 1 aromatic carbocycles. The molecule has 86 valence electrons. The van der Waals surface area contributed by atoms with Crippen molar-refractivity contribution < 1.29 is 4.74 Å². The van der Waals surface area contributed by atoms with Gasteiger partial charge >= 0.3 is 0 Å². The van der Waals surface area contributed by atoms with Crippen LogP contribution in [0.3, 0.4) is 0 Å². The van der Waals surface area contributed by atoms with Crippen molar-refractivity contribution in [1.29, 1.82) is 5.26 Å². The van der Waals surface area contributed by atoms with E-state index in [1.54, 1.807) is 13.2 Å². The van der Waals surface area contributed by atoms with Crippen molar-refractivity contribution in [1.82, 2.24) is 0 Å². The SMILES string of the molecule is COCCCN(C)c1ccc(C#N)c(N)c1. The molecule has 0 saturated heterocycles. The second kappa shape index (κ2) is 5.99. The highest BCUT2D eigenvalue weighted by atomic mass is 16.5. The number of nitrogen functional groups attached to an aromatic ring is 1. The zero-order valence-corrected chi connectivity index (χ0v) is 9.73. The van der Waals surface area contributed by atoms with Crippen LogP contribution in [0.2, 0.25) is 0 Å². The molecule has 0 unspecified atom stereocenters. The van der Waals surface area contributed by atoms with E-state index in [1.807, 2.05) is 19.2 Å². The van der Waals surface area contributed by atoms with E-state index in [9.17, 15) is 0 Å². The standard InChI is InChI=1S/C12H17N3O/c1-15(6-3-7-16-2)11-5-4-10(9-13)12(14)8-11/h4-5,8H,3,6-7,14H2,1-2H3. The minimum Gasteiger partial charge on any atom is -0.398 e. The number of hydrogen-bond donors (Lipinski definition) is 1. The Bertz CT molecular complexity index is 384. The number of nitrogens with zero attached hydrogens (tertiary/aromatic N) is 2.